The van der Waals surface area contributed by atoms with Crippen LogP contribution in [0.2, 0.25) is 0 Å². The maximum atomic E-state index is 13.2. The van der Waals surface area contributed by atoms with Gasteiger partial charge in [0, 0.05) is 42.0 Å². The molecule has 1 aliphatic rings. The molecule has 4 heterocycles. The van der Waals surface area contributed by atoms with Crippen molar-refractivity contribution in [2.24, 2.45) is 0 Å². The third-order valence-corrected chi connectivity index (χ3v) is 6.56. The van der Waals surface area contributed by atoms with Gasteiger partial charge in [0.15, 0.2) is 0 Å². The number of amides is 1. The molecule has 7 heteroatoms. The third-order valence-electron chi connectivity index (χ3n) is 5.46. The average Bonchev–Trinajstić information content (AvgIpc) is 2.96. The van der Waals surface area contributed by atoms with Crippen LogP contribution < -0.4 is 5.56 Å². The molecule has 27 heavy (non-hydrogen) atoms. The summed E-state index contributed by atoms with van der Waals surface area (Å²) in [4.78, 5) is 38.3. The van der Waals surface area contributed by atoms with Crippen LogP contribution >= 0.6 is 11.3 Å². The Balaban J connectivity index is 1.59. The van der Waals surface area contributed by atoms with E-state index < -0.39 is 0 Å². The summed E-state index contributed by atoms with van der Waals surface area (Å²) in [6.07, 6.45) is 4.78. The zero-order valence-corrected chi connectivity index (χ0v) is 16.5. The number of rotatable bonds is 2. The number of fused-ring (bicyclic) bond motifs is 1. The lowest BCUT2D eigenvalue weighted by atomic mass is 10.0. The number of likely N-dealkylation sites (tertiary alicyclic amines) is 1. The number of carbonyl (C=O) groups excluding carboxylic acids is 1. The van der Waals surface area contributed by atoms with Gasteiger partial charge in [-0.15, -0.1) is 11.3 Å². The summed E-state index contributed by atoms with van der Waals surface area (Å²) < 4.78 is 1.84. The fraction of sp³-hybridized carbons (Fsp3) is 0.400. The minimum Gasteiger partial charge on any atom is -0.338 e. The maximum absolute atomic E-state index is 13.2. The molecular weight excluding hydrogens is 360 g/mol. The second-order valence-corrected chi connectivity index (χ2v) is 8.26. The van der Waals surface area contributed by atoms with Crippen molar-refractivity contribution in [3.63, 3.8) is 0 Å². The highest BCUT2D eigenvalue weighted by Gasteiger charge is 2.27. The molecule has 0 bridgehead atoms. The van der Waals surface area contributed by atoms with E-state index in [1.807, 2.05) is 30.2 Å². The predicted molar refractivity (Wildman–Crippen MR) is 107 cm³/mol. The Hall–Kier alpha value is -2.54. The van der Waals surface area contributed by atoms with Crippen molar-refractivity contribution in [3.8, 4) is 0 Å². The van der Waals surface area contributed by atoms with Crippen LogP contribution in [0.1, 0.15) is 45.5 Å². The predicted octanol–water partition coefficient (Wildman–Crippen LogP) is 3.26. The fourth-order valence-electron chi connectivity index (χ4n) is 3.84. The summed E-state index contributed by atoms with van der Waals surface area (Å²) in [5, 5.41) is 0.749. The quantitative estimate of drug-likeness (QED) is 0.682. The second-order valence-electron chi connectivity index (χ2n) is 7.06. The molecule has 0 radical (unpaired) electrons. The van der Waals surface area contributed by atoms with Gasteiger partial charge in [-0.25, -0.2) is 4.98 Å². The number of pyridine rings is 1. The van der Waals surface area contributed by atoms with E-state index in [0.717, 1.165) is 39.3 Å². The number of thiophene rings is 1. The first-order valence-electron chi connectivity index (χ1n) is 9.15. The normalized spacial score (nSPS) is 15.4. The summed E-state index contributed by atoms with van der Waals surface area (Å²) in [7, 11) is 0. The van der Waals surface area contributed by atoms with E-state index in [4.69, 9.17) is 0 Å². The van der Waals surface area contributed by atoms with Crippen molar-refractivity contribution in [2.45, 2.75) is 39.7 Å². The van der Waals surface area contributed by atoms with Crippen molar-refractivity contribution < 1.29 is 4.79 Å². The Morgan fingerprint density at radius 1 is 1.15 bits per heavy atom. The van der Waals surface area contributed by atoms with E-state index in [-0.39, 0.29) is 17.5 Å². The van der Waals surface area contributed by atoms with E-state index in [2.05, 4.69) is 9.97 Å². The number of hydrogen-bond donors (Lipinski definition) is 0. The van der Waals surface area contributed by atoms with Crippen molar-refractivity contribution in [2.75, 3.05) is 13.1 Å². The van der Waals surface area contributed by atoms with Gasteiger partial charge in [-0.1, -0.05) is 0 Å². The molecule has 3 aromatic rings. The van der Waals surface area contributed by atoms with Crippen molar-refractivity contribution in [3.05, 3.63) is 56.7 Å². The van der Waals surface area contributed by atoms with Gasteiger partial charge >= 0.3 is 0 Å². The Labute approximate surface area is 161 Å². The van der Waals surface area contributed by atoms with Gasteiger partial charge in [0.2, 0.25) is 0 Å². The molecule has 1 saturated heterocycles. The Bertz CT molecular complexity index is 1060. The highest BCUT2D eigenvalue weighted by Crippen LogP contribution is 2.29. The molecule has 0 spiro atoms. The first-order valence-corrected chi connectivity index (χ1v) is 9.97. The number of piperidine rings is 1. The van der Waals surface area contributed by atoms with E-state index in [0.29, 0.717) is 18.7 Å². The molecule has 1 fully saturated rings. The van der Waals surface area contributed by atoms with Gasteiger partial charge in [-0.2, -0.15) is 0 Å². The van der Waals surface area contributed by atoms with E-state index >= 15 is 0 Å². The molecule has 0 unspecified atom stereocenters. The fourth-order valence-corrected chi connectivity index (χ4v) is 4.91. The maximum Gasteiger partial charge on any atom is 0.262 e. The van der Waals surface area contributed by atoms with Gasteiger partial charge in [0.05, 0.1) is 5.39 Å². The zero-order valence-electron chi connectivity index (χ0n) is 15.7. The lowest BCUT2D eigenvalue weighted by molar-refractivity contribution is 0.0692. The van der Waals surface area contributed by atoms with Crippen LogP contribution in [0.25, 0.3) is 10.2 Å². The number of nitrogens with zero attached hydrogens (tertiary/aromatic N) is 4. The summed E-state index contributed by atoms with van der Waals surface area (Å²) in [6.45, 7) is 7.20. The highest BCUT2D eigenvalue weighted by molar-refractivity contribution is 7.18. The molecule has 1 aliphatic heterocycles. The van der Waals surface area contributed by atoms with Gasteiger partial charge in [-0.3, -0.25) is 19.1 Å². The van der Waals surface area contributed by atoms with Crippen LogP contribution in [0.3, 0.4) is 0 Å². The number of aryl methyl sites for hydroxylation is 3. The van der Waals surface area contributed by atoms with Crippen LogP contribution in [-0.2, 0) is 0 Å². The summed E-state index contributed by atoms with van der Waals surface area (Å²) >= 11 is 1.58. The number of carbonyl (C=O) groups is 1. The van der Waals surface area contributed by atoms with Crippen LogP contribution in [0.4, 0.5) is 0 Å². The first-order chi connectivity index (χ1) is 13.0. The SMILES string of the molecule is Cc1sc2nc(C)n(C3CCN(C(=O)c4ccncc4)CC3)c(=O)c2c1C. The van der Waals surface area contributed by atoms with Crippen LogP contribution in [0, 0.1) is 20.8 Å². The second kappa shape index (κ2) is 6.88. The molecule has 3 aromatic heterocycles. The first kappa shape index (κ1) is 17.9. The Kier molecular flexibility index (Phi) is 4.55. The molecule has 140 valence electrons. The van der Waals surface area contributed by atoms with Gasteiger partial charge in [-0.05, 0) is 51.3 Å². The van der Waals surface area contributed by atoms with Crippen LogP contribution in [-0.4, -0.2) is 38.4 Å². The lowest BCUT2D eigenvalue weighted by Gasteiger charge is -2.33. The topological polar surface area (TPSA) is 68.1 Å². The monoisotopic (exact) mass is 382 g/mol. The standard InChI is InChI=1S/C20H22N4O2S/c1-12-13(2)27-18-17(12)20(26)24(14(3)22-18)16-6-10-23(11-7-16)19(25)15-4-8-21-9-5-15/h4-5,8-9,16H,6-7,10-11H2,1-3H3. The molecule has 6 nitrogen and oxygen atoms in total. The molecule has 1 amide bonds. The number of hydrogen-bond acceptors (Lipinski definition) is 5. The Morgan fingerprint density at radius 2 is 1.81 bits per heavy atom. The van der Waals surface area contributed by atoms with Gasteiger partial charge in [0.25, 0.3) is 11.5 Å². The summed E-state index contributed by atoms with van der Waals surface area (Å²) in [5.41, 5.74) is 1.74. The summed E-state index contributed by atoms with van der Waals surface area (Å²) in [5.74, 6) is 0.783. The molecule has 0 aromatic carbocycles. The minimum atomic E-state index is 0.0257. The smallest absolute Gasteiger partial charge is 0.262 e. The van der Waals surface area contributed by atoms with Gasteiger partial charge in [0.1, 0.15) is 10.7 Å². The van der Waals surface area contributed by atoms with E-state index in [1.165, 1.54) is 0 Å². The highest BCUT2D eigenvalue weighted by atomic mass is 32.1. The average molecular weight is 382 g/mol. The molecular formula is C20H22N4O2S. The lowest BCUT2D eigenvalue weighted by Crippen LogP contribution is -2.41. The largest absolute Gasteiger partial charge is 0.338 e. The molecule has 0 saturated carbocycles. The third kappa shape index (κ3) is 3.06. The molecule has 0 N–H and O–H groups in total. The molecule has 0 atom stereocenters. The Morgan fingerprint density at radius 3 is 2.48 bits per heavy atom. The van der Waals surface area contributed by atoms with Crippen molar-refractivity contribution in [1.82, 2.24) is 19.4 Å². The van der Waals surface area contributed by atoms with Gasteiger partial charge < -0.3 is 4.90 Å². The van der Waals surface area contributed by atoms with Crippen LogP contribution in [0.5, 0.6) is 0 Å². The van der Waals surface area contributed by atoms with Crippen LogP contribution in [0.15, 0.2) is 29.3 Å². The molecule has 4 rings (SSSR count). The van der Waals surface area contributed by atoms with E-state index in [9.17, 15) is 9.59 Å². The van der Waals surface area contributed by atoms with Crippen molar-refractivity contribution in [1.29, 1.82) is 0 Å². The number of aromatic nitrogens is 3. The summed E-state index contributed by atoms with van der Waals surface area (Å²) in [6, 6.07) is 3.56. The molecule has 0 aliphatic carbocycles. The minimum absolute atomic E-state index is 0.0257. The zero-order chi connectivity index (χ0) is 19.1. The van der Waals surface area contributed by atoms with E-state index in [1.54, 1.807) is 35.9 Å². The van der Waals surface area contributed by atoms with Crippen molar-refractivity contribution >= 4 is 27.5 Å².